The maximum absolute atomic E-state index is 12.3. The van der Waals surface area contributed by atoms with Crippen molar-refractivity contribution in [2.24, 2.45) is 11.3 Å². The van der Waals surface area contributed by atoms with Gasteiger partial charge in [-0.05, 0) is 30.7 Å². The van der Waals surface area contributed by atoms with E-state index in [0.717, 1.165) is 51.0 Å². The van der Waals surface area contributed by atoms with E-state index >= 15 is 0 Å². The van der Waals surface area contributed by atoms with Gasteiger partial charge in [0.25, 0.3) is 5.91 Å². The Labute approximate surface area is 168 Å². The molecule has 28 heavy (non-hydrogen) atoms. The van der Waals surface area contributed by atoms with Crippen LogP contribution in [-0.2, 0) is 4.74 Å². The van der Waals surface area contributed by atoms with Crippen molar-refractivity contribution in [3.8, 4) is 5.75 Å². The number of fused-ring (bicyclic) bond motifs is 1. The predicted molar refractivity (Wildman–Crippen MR) is 109 cm³/mol. The van der Waals surface area contributed by atoms with Crippen LogP contribution in [0.1, 0.15) is 30.6 Å². The molecule has 1 aromatic carbocycles. The number of carbonyl (C=O) groups excluding carboxylic acids is 1. The summed E-state index contributed by atoms with van der Waals surface area (Å²) in [6, 6.07) is 7.89. The number of benzene rings is 1. The molecule has 6 heteroatoms. The smallest absolute Gasteiger partial charge is 0.251 e. The Morgan fingerprint density at radius 1 is 1.21 bits per heavy atom. The summed E-state index contributed by atoms with van der Waals surface area (Å²) in [6.07, 6.45) is 1.68. The van der Waals surface area contributed by atoms with Gasteiger partial charge in [-0.2, -0.15) is 0 Å². The fourth-order valence-electron chi connectivity index (χ4n) is 5.48. The van der Waals surface area contributed by atoms with Crippen LogP contribution >= 0.6 is 0 Å². The van der Waals surface area contributed by atoms with Crippen LogP contribution in [0.3, 0.4) is 0 Å². The summed E-state index contributed by atoms with van der Waals surface area (Å²) in [5, 5.41) is 3.03. The molecule has 154 valence electrons. The molecule has 3 atom stereocenters. The van der Waals surface area contributed by atoms with Gasteiger partial charge < -0.3 is 14.8 Å². The molecule has 2 heterocycles. The highest BCUT2D eigenvalue weighted by molar-refractivity contribution is 5.94. The number of methoxy groups -OCH3 is 1. The fraction of sp³-hybridized carbons (Fsp3) is 0.682. The fourth-order valence-corrected chi connectivity index (χ4v) is 5.48. The first kappa shape index (κ1) is 19.7. The molecule has 0 unspecified atom stereocenters. The monoisotopic (exact) mass is 387 g/mol. The molecular weight excluding hydrogens is 354 g/mol. The third kappa shape index (κ3) is 3.65. The molecule has 0 radical (unpaired) electrons. The van der Waals surface area contributed by atoms with Crippen molar-refractivity contribution in [3.05, 3.63) is 29.8 Å². The van der Waals surface area contributed by atoms with Crippen molar-refractivity contribution < 1.29 is 14.3 Å². The zero-order valence-corrected chi connectivity index (χ0v) is 17.3. The van der Waals surface area contributed by atoms with Crippen LogP contribution in [0.2, 0.25) is 0 Å². The van der Waals surface area contributed by atoms with Crippen molar-refractivity contribution in [3.63, 3.8) is 0 Å². The van der Waals surface area contributed by atoms with E-state index < -0.39 is 0 Å². The Balaban J connectivity index is 1.19. The second-order valence-corrected chi connectivity index (χ2v) is 8.87. The van der Waals surface area contributed by atoms with Crippen LogP contribution in [0.15, 0.2) is 24.3 Å². The van der Waals surface area contributed by atoms with Gasteiger partial charge in [0, 0.05) is 68.8 Å². The van der Waals surface area contributed by atoms with Crippen molar-refractivity contribution in [1.29, 1.82) is 0 Å². The maximum Gasteiger partial charge on any atom is 0.251 e. The number of piperazine rings is 1. The Morgan fingerprint density at radius 3 is 2.61 bits per heavy atom. The molecule has 2 aliphatic heterocycles. The van der Waals surface area contributed by atoms with Crippen LogP contribution in [0.4, 0.5) is 0 Å². The SMILES string of the molecule is COc1ccc(C(=O)NCCN2CCN([C@@H]3[C@@H]4CCO[C@@H]4C3(C)C)CC2)cc1. The molecule has 1 N–H and O–H groups in total. The number of nitrogens with zero attached hydrogens (tertiary/aromatic N) is 2. The van der Waals surface area contributed by atoms with E-state index in [1.807, 2.05) is 12.1 Å². The Bertz CT molecular complexity index is 683. The number of carbonyl (C=O) groups is 1. The van der Waals surface area contributed by atoms with Crippen LogP contribution in [0, 0.1) is 11.3 Å². The van der Waals surface area contributed by atoms with Gasteiger partial charge in [-0.3, -0.25) is 14.6 Å². The van der Waals surface area contributed by atoms with Gasteiger partial charge in [0.2, 0.25) is 0 Å². The molecule has 0 bridgehead atoms. The lowest BCUT2D eigenvalue weighted by molar-refractivity contribution is -0.161. The Kier molecular flexibility index (Phi) is 5.63. The molecule has 0 spiro atoms. The molecule has 1 amide bonds. The van der Waals surface area contributed by atoms with Gasteiger partial charge in [0.15, 0.2) is 0 Å². The van der Waals surface area contributed by atoms with Crippen LogP contribution in [-0.4, -0.2) is 80.8 Å². The quantitative estimate of drug-likeness (QED) is 0.808. The minimum atomic E-state index is -0.0234. The second kappa shape index (κ2) is 8.01. The van der Waals surface area contributed by atoms with Gasteiger partial charge in [0.1, 0.15) is 5.75 Å². The van der Waals surface area contributed by atoms with Gasteiger partial charge in [-0.25, -0.2) is 0 Å². The topological polar surface area (TPSA) is 54.0 Å². The molecule has 0 aromatic heterocycles. The van der Waals surface area contributed by atoms with Crippen molar-refractivity contribution in [2.45, 2.75) is 32.4 Å². The van der Waals surface area contributed by atoms with E-state index in [1.165, 1.54) is 6.42 Å². The van der Waals surface area contributed by atoms with Crippen LogP contribution in [0.5, 0.6) is 5.75 Å². The van der Waals surface area contributed by atoms with E-state index in [2.05, 4.69) is 29.0 Å². The second-order valence-electron chi connectivity index (χ2n) is 8.87. The molecule has 6 nitrogen and oxygen atoms in total. The molecule has 4 rings (SSSR count). The third-order valence-corrected chi connectivity index (χ3v) is 6.90. The number of ether oxygens (including phenoxy) is 2. The lowest BCUT2D eigenvalue weighted by Gasteiger charge is -2.60. The summed E-state index contributed by atoms with van der Waals surface area (Å²) in [5.41, 5.74) is 0.946. The highest BCUT2D eigenvalue weighted by atomic mass is 16.5. The molecule has 1 aliphatic carbocycles. The lowest BCUT2D eigenvalue weighted by Crippen LogP contribution is -2.69. The van der Waals surface area contributed by atoms with Crippen LogP contribution in [0.25, 0.3) is 0 Å². The van der Waals surface area contributed by atoms with E-state index in [-0.39, 0.29) is 11.3 Å². The normalized spacial score (nSPS) is 29.8. The number of hydrogen-bond acceptors (Lipinski definition) is 5. The lowest BCUT2D eigenvalue weighted by atomic mass is 9.56. The number of rotatable bonds is 6. The third-order valence-electron chi connectivity index (χ3n) is 6.90. The van der Waals surface area contributed by atoms with Crippen molar-refractivity contribution >= 4 is 5.91 Å². The van der Waals surface area contributed by atoms with Gasteiger partial charge in [-0.15, -0.1) is 0 Å². The average Bonchev–Trinajstić information content (AvgIpc) is 3.15. The van der Waals surface area contributed by atoms with E-state index in [1.54, 1.807) is 19.2 Å². The molecule has 3 fully saturated rings. The number of hydrogen-bond donors (Lipinski definition) is 1. The van der Waals surface area contributed by atoms with Gasteiger partial charge in [0.05, 0.1) is 13.2 Å². The van der Waals surface area contributed by atoms with E-state index in [0.29, 0.717) is 24.3 Å². The maximum atomic E-state index is 12.3. The zero-order valence-electron chi connectivity index (χ0n) is 17.3. The van der Waals surface area contributed by atoms with Crippen molar-refractivity contribution in [2.75, 3.05) is 53.0 Å². The molecule has 1 saturated carbocycles. The zero-order chi connectivity index (χ0) is 19.7. The number of amides is 1. The van der Waals surface area contributed by atoms with E-state index in [9.17, 15) is 4.79 Å². The van der Waals surface area contributed by atoms with Crippen LogP contribution < -0.4 is 10.1 Å². The minimum absolute atomic E-state index is 0.0234. The molecule has 1 aromatic rings. The van der Waals surface area contributed by atoms with Gasteiger partial charge >= 0.3 is 0 Å². The van der Waals surface area contributed by atoms with Gasteiger partial charge in [-0.1, -0.05) is 13.8 Å². The Morgan fingerprint density at radius 2 is 1.93 bits per heavy atom. The molecular formula is C22H33N3O3. The summed E-state index contributed by atoms with van der Waals surface area (Å²) >= 11 is 0. The predicted octanol–water partition coefficient (Wildman–Crippen LogP) is 1.86. The summed E-state index contributed by atoms with van der Waals surface area (Å²) in [7, 11) is 1.63. The highest BCUT2D eigenvalue weighted by Gasteiger charge is 2.61. The minimum Gasteiger partial charge on any atom is -0.497 e. The standard InChI is InChI=1S/C22H33N3O3/c1-22(2)19(18-8-15-28-20(18)22)25-13-11-24(12-14-25)10-9-23-21(26)16-4-6-17(27-3)7-5-16/h4-7,18-20H,8-15H2,1-3H3,(H,23,26)/t18-,19+,20-/m0/s1. The average molecular weight is 388 g/mol. The summed E-state index contributed by atoms with van der Waals surface area (Å²) in [4.78, 5) is 17.4. The summed E-state index contributed by atoms with van der Waals surface area (Å²) < 4.78 is 11.1. The molecule has 2 saturated heterocycles. The Hall–Kier alpha value is -1.63. The molecule has 3 aliphatic rings. The first-order chi connectivity index (χ1) is 13.5. The summed E-state index contributed by atoms with van der Waals surface area (Å²) in [6.45, 7) is 11.6. The first-order valence-corrected chi connectivity index (χ1v) is 10.5. The van der Waals surface area contributed by atoms with Crippen molar-refractivity contribution in [1.82, 2.24) is 15.1 Å². The highest BCUT2D eigenvalue weighted by Crippen LogP contribution is 2.54. The first-order valence-electron chi connectivity index (χ1n) is 10.5. The largest absolute Gasteiger partial charge is 0.497 e. The summed E-state index contributed by atoms with van der Waals surface area (Å²) in [5.74, 6) is 1.47. The van der Waals surface area contributed by atoms with E-state index in [4.69, 9.17) is 9.47 Å². The number of nitrogens with one attached hydrogen (secondary N) is 1.